The highest BCUT2D eigenvalue weighted by atomic mass is 35.5. The third-order valence-corrected chi connectivity index (χ3v) is 2.72. The predicted octanol–water partition coefficient (Wildman–Crippen LogP) is -0.294. The molecule has 0 aromatic carbocycles. The molecule has 110 valence electrons. The van der Waals surface area contributed by atoms with Gasteiger partial charge in [0.1, 0.15) is 6.04 Å². The molecule has 0 aliphatic carbocycles. The smallest absolute Gasteiger partial charge is 0.451 e. The molecule has 6 nitrogen and oxygen atoms in total. The van der Waals surface area contributed by atoms with Gasteiger partial charge < -0.3 is 26.6 Å². The summed E-state index contributed by atoms with van der Waals surface area (Å²) < 4.78 is 0. The van der Waals surface area contributed by atoms with Crippen molar-refractivity contribution in [3.05, 3.63) is 0 Å². The maximum atomic E-state index is 10.7. The minimum atomic E-state index is -1.31. The van der Waals surface area contributed by atoms with E-state index in [2.05, 4.69) is 0 Å². The summed E-state index contributed by atoms with van der Waals surface area (Å²) in [6.45, 7) is 2.14. The largest absolute Gasteiger partial charge is 0.480 e. The molecule has 18 heavy (non-hydrogen) atoms. The average molecular weight is 305 g/mol. The van der Waals surface area contributed by atoms with E-state index in [0.29, 0.717) is 12.8 Å². The molecule has 0 rings (SSSR count). The molecule has 0 fully saturated rings. The van der Waals surface area contributed by atoms with Crippen LogP contribution in [0.25, 0.3) is 0 Å². The van der Waals surface area contributed by atoms with E-state index in [1.807, 2.05) is 6.92 Å². The minimum absolute atomic E-state index is 0. The molecule has 0 heterocycles. The Bertz CT molecular complexity index is 225. The van der Waals surface area contributed by atoms with Crippen LogP contribution in [0.4, 0.5) is 0 Å². The van der Waals surface area contributed by atoms with Crippen LogP contribution in [-0.4, -0.2) is 40.8 Å². The molecule has 3 unspecified atom stereocenters. The van der Waals surface area contributed by atoms with Crippen molar-refractivity contribution >= 4 is 37.9 Å². The van der Waals surface area contributed by atoms with Crippen molar-refractivity contribution in [2.75, 3.05) is 6.54 Å². The lowest BCUT2D eigenvalue weighted by Crippen LogP contribution is -2.42. The van der Waals surface area contributed by atoms with Gasteiger partial charge in [-0.15, -0.1) is 24.8 Å². The number of carboxylic acids is 1. The first-order chi connectivity index (χ1) is 7.38. The van der Waals surface area contributed by atoms with Gasteiger partial charge in [-0.25, -0.2) is 0 Å². The topological polar surface area (TPSA) is 130 Å². The van der Waals surface area contributed by atoms with Crippen molar-refractivity contribution in [3.8, 4) is 0 Å². The first kappa shape index (κ1) is 23.1. The van der Waals surface area contributed by atoms with Gasteiger partial charge in [-0.3, -0.25) is 4.79 Å². The Morgan fingerprint density at radius 3 is 2.17 bits per heavy atom. The number of aliphatic carboxylic acids is 1. The Hall–Kier alpha value is -0.0451. The molecule has 0 saturated carbocycles. The summed E-state index contributed by atoms with van der Waals surface area (Å²) >= 11 is 0. The molecule has 0 amide bonds. The highest BCUT2D eigenvalue weighted by molar-refractivity contribution is 6.40. The Morgan fingerprint density at radius 1 is 1.33 bits per heavy atom. The third kappa shape index (κ3) is 9.93. The molecule has 0 aromatic heterocycles. The lowest BCUT2D eigenvalue weighted by atomic mass is 9.78. The zero-order valence-corrected chi connectivity index (χ0v) is 12.0. The first-order valence-electron chi connectivity index (χ1n) is 5.43. The van der Waals surface area contributed by atoms with Crippen LogP contribution in [0.5, 0.6) is 0 Å². The lowest BCUT2D eigenvalue weighted by molar-refractivity contribution is -0.139. The normalized spacial score (nSPS) is 14.7. The second-order valence-electron chi connectivity index (χ2n) is 4.26. The molecule has 9 heteroatoms. The van der Waals surface area contributed by atoms with Gasteiger partial charge in [0.15, 0.2) is 0 Å². The lowest BCUT2D eigenvalue weighted by Gasteiger charge is -2.22. The van der Waals surface area contributed by atoms with Crippen LogP contribution in [0, 0.1) is 11.8 Å². The molecule has 3 atom stereocenters. The van der Waals surface area contributed by atoms with Crippen LogP contribution in [0.3, 0.4) is 0 Å². The second-order valence-corrected chi connectivity index (χ2v) is 4.26. The fourth-order valence-corrected chi connectivity index (χ4v) is 1.66. The number of nitrogens with two attached hydrogens (primary N) is 2. The summed E-state index contributed by atoms with van der Waals surface area (Å²) in [6, 6.07) is -0.952. The van der Waals surface area contributed by atoms with Crippen LogP contribution in [-0.2, 0) is 4.79 Å². The molecule has 0 bridgehead atoms. The highest BCUT2D eigenvalue weighted by Crippen LogP contribution is 2.19. The fraction of sp³-hybridized carbons (Fsp3) is 0.889. The van der Waals surface area contributed by atoms with Gasteiger partial charge in [0, 0.05) is 0 Å². The van der Waals surface area contributed by atoms with E-state index in [4.69, 9.17) is 26.6 Å². The summed E-state index contributed by atoms with van der Waals surface area (Å²) in [4.78, 5) is 10.7. The minimum Gasteiger partial charge on any atom is -0.480 e. The molecule has 0 radical (unpaired) electrons. The predicted molar refractivity (Wildman–Crippen MR) is 76.0 cm³/mol. The summed E-state index contributed by atoms with van der Waals surface area (Å²) in [7, 11) is -1.31. The average Bonchev–Trinajstić information content (AvgIpc) is 2.21. The molecular weight excluding hydrogens is 282 g/mol. The number of halogens is 2. The van der Waals surface area contributed by atoms with Gasteiger partial charge in [-0.1, -0.05) is 13.3 Å². The number of carboxylic acid groups (broad SMARTS) is 1. The molecular formula is C9H23BCl2N2O4. The molecule has 0 aliphatic rings. The second kappa shape index (κ2) is 12.0. The number of carbonyl (C=O) groups is 1. The maximum absolute atomic E-state index is 10.7. The van der Waals surface area contributed by atoms with Crippen LogP contribution in [0.1, 0.15) is 19.8 Å². The highest BCUT2D eigenvalue weighted by Gasteiger charge is 2.25. The van der Waals surface area contributed by atoms with E-state index in [9.17, 15) is 4.79 Å². The summed E-state index contributed by atoms with van der Waals surface area (Å²) in [5, 5.41) is 26.2. The van der Waals surface area contributed by atoms with Crippen LogP contribution in [0.15, 0.2) is 0 Å². The molecule has 0 saturated heterocycles. The van der Waals surface area contributed by atoms with Crippen LogP contribution < -0.4 is 11.5 Å². The first-order valence-corrected chi connectivity index (χ1v) is 5.43. The summed E-state index contributed by atoms with van der Waals surface area (Å²) in [6.07, 6.45) is 1.47. The SMILES string of the molecule is CC(CCB(O)O)CC(CN)C(N)C(=O)O.Cl.Cl. The van der Waals surface area contributed by atoms with Crippen molar-refractivity contribution < 1.29 is 19.9 Å². The van der Waals surface area contributed by atoms with Crippen molar-refractivity contribution in [2.24, 2.45) is 23.3 Å². The number of hydrogen-bond donors (Lipinski definition) is 5. The maximum Gasteiger partial charge on any atom is 0.451 e. The van der Waals surface area contributed by atoms with Gasteiger partial charge in [0.05, 0.1) is 0 Å². The van der Waals surface area contributed by atoms with E-state index in [1.54, 1.807) is 0 Å². The van der Waals surface area contributed by atoms with E-state index in [1.165, 1.54) is 0 Å². The van der Waals surface area contributed by atoms with Crippen molar-refractivity contribution in [3.63, 3.8) is 0 Å². The summed E-state index contributed by atoms with van der Waals surface area (Å²) in [5.74, 6) is -1.16. The van der Waals surface area contributed by atoms with E-state index in [-0.39, 0.29) is 49.5 Å². The quantitative estimate of drug-likeness (QED) is 0.392. The van der Waals surface area contributed by atoms with Crippen molar-refractivity contribution in [2.45, 2.75) is 32.1 Å². The van der Waals surface area contributed by atoms with E-state index >= 15 is 0 Å². The fourth-order valence-electron chi connectivity index (χ4n) is 1.66. The Kier molecular flexibility index (Phi) is 15.4. The van der Waals surface area contributed by atoms with Gasteiger partial charge in [0.2, 0.25) is 0 Å². The van der Waals surface area contributed by atoms with Gasteiger partial charge in [-0.05, 0) is 31.1 Å². The Labute approximate surface area is 120 Å². The number of rotatable bonds is 8. The monoisotopic (exact) mass is 304 g/mol. The zero-order valence-electron chi connectivity index (χ0n) is 10.4. The van der Waals surface area contributed by atoms with Crippen molar-refractivity contribution in [1.82, 2.24) is 0 Å². The standard InChI is InChI=1S/C9H21BN2O4.2ClH/c1-6(2-3-10(15)16)4-7(5-11)8(12)9(13)14;;/h6-8,15-16H,2-5,11-12H2,1H3,(H,13,14);2*1H. The van der Waals surface area contributed by atoms with Gasteiger partial charge >= 0.3 is 13.1 Å². The van der Waals surface area contributed by atoms with Crippen LogP contribution in [0.2, 0.25) is 6.32 Å². The zero-order chi connectivity index (χ0) is 12.7. The van der Waals surface area contributed by atoms with Crippen LogP contribution >= 0.6 is 24.8 Å². The van der Waals surface area contributed by atoms with Crippen molar-refractivity contribution in [1.29, 1.82) is 0 Å². The molecule has 7 N–H and O–H groups in total. The van der Waals surface area contributed by atoms with Gasteiger partial charge in [0.25, 0.3) is 0 Å². The van der Waals surface area contributed by atoms with Gasteiger partial charge in [-0.2, -0.15) is 0 Å². The molecule has 0 aromatic rings. The van der Waals surface area contributed by atoms with E-state index < -0.39 is 19.1 Å². The number of hydrogen-bond acceptors (Lipinski definition) is 5. The Balaban J connectivity index is -0.00000112. The summed E-state index contributed by atoms with van der Waals surface area (Å²) in [5.41, 5.74) is 11.0. The Morgan fingerprint density at radius 2 is 1.83 bits per heavy atom. The molecule has 0 aliphatic heterocycles. The molecule has 0 spiro atoms. The third-order valence-electron chi connectivity index (χ3n) is 2.72. The van der Waals surface area contributed by atoms with E-state index in [0.717, 1.165) is 0 Å².